The van der Waals surface area contributed by atoms with Crippen LogP contribution in [-0.4, -0.2) is 29.1 Å². The molecule has 3 rings (SSSR count). The summed E-state index contributed by atoms with van der Waals surface area (Å²) in [5.74, 6) is 1.47. The zero-order chi connectivity index (χ0) is 18.2. The first kappa shape index (κ1) is 21.9. The summed E-state index contributed by atoms with van der Waals surface area (Å²) < 4.78 is 6.05. The first-order chi connectivity index (χ1) is 12.7. The molecule has 0 amide bonds. The van der Waals surface area contributed by atoms with Crippen LogP contribution < -0.4 is 15.4 Å². The Labute approximate surface area is 182 Å². The number of ether oxygens (including phenoxy) is 1. The first-order valence-corrected chi connectivity index (χ1v) is 10.0. The lowest BCUT2D eigenvalue weighted by molar-refractivity contribution is 0.148. The lowest BCUT2D eigenvalue weighted by Gasteiger charge is -2.22. The van der Waals surface area contributed by atoms with Gasteiger partial charge in [0.2, 0.25) is 5.88 Å². The van der Waals surface area contributed by atoms with Crippen molar-refractivity contribution in [3.63, 3.8) is 0 Å². The number of halogens is 1. The van der Waals surface area contributed by atoms with E-state index in [-0.39, 0.29) is 24.0 Å². The second-order valence-electron chi connectivity index (χ2n) is 6.52. The maximum Gasteiger partial charge on any atom is 0.213 e. The molecule has 0 spiro atoms. The summed E-state index contributed by atoms with van der Waals surface area (Å²) in [7, 11) is 1.77. The molecule has 1 fully saturated rings. The molecule has 6 nitrogen and oxygen atoms in total. The molecular weight excluding hydrogens is 473 g/mol. The molecule has 0 aromatic carbocycles. The lowest BCUT2D eigenvalue weighted by Crippen LogP contribution is -2.36. The highest BCUT2D eigenvalue weighted by Crippen LogP contribution is 2.22. The third-order valence-corrected chi connectivity index (χ3v) is 5.31. The van der Waals surface area contributed by atoms with Gasteiger partial charge in [-0.15, -0.1) is 35.3 Å². The minimum Gasteiger partial charge on any atom is -0.474 e. The summed E-state index contributed by atoms with van der Waals surface area (Å²) in [6, 6.07) is 4.01. The molecule has 2 heterocycles. The van der Waals surface area contributed by atoms with Gasteiger partial charge in [-0.25, -0.2) is 9.97 Å². The SMILES string of the molecule is CN=C(NCc1ccnc(OC2CCCCC2)c1)NCc1ncc(C)s1.I. The summed E-state index contributed by atoms with van der Waals surface area (Å²) >= 11 is 1.69. The van der Waals surface area contributed by atoms with E-state index in [1.807, 2.05) is 24.5 Å². The zero-order valence-electron chi connectivity index (χ0n) is 15.9. The topological polar surface area (TPSA) is 71.4 Å². The fourth-order valence-corrected chi connectivity index (χ4v) is 3.75. The van der Waals surface area contributed by atoms with Crippen molar-refractivity contribution in [1.82, 2.24) is 20.6 Å². The van der Waals surface area contributed by atoms with Gasteiger partial charge in [0.05, 0.1) is 6.54 Å². The predicted molar refractivity (Wildman–Crippen MR) is 121 cm³/mol. The van der Waals surface area contributed by atoms with Crippen molar-refractivity contribution >= 4 is 41.3 Å². The maximum absolute atomic E-state index is 6.05. The molecule has 0 saturated heterocycles. The Kier molecular flexibility index (Phi) is 9.26. The number of pyridine rings is 1. The van der Waals surface area contributed by atoms with E-state index in [0.29, 0.717) is 19.2 Å². The standard InChI is InChI=1S/C19H27N5OS.HI/c1-14-11-22-18(26-14)13-24-19(20-2)23-12-15-8-9-21-17(10-15)25-16-6-4-3-5-7-16;/h8-11,16H,3-7,12-13H2,1-2H3,(H2,20,23,24);1H. The molecule has 1 aliphatic carbocycles. The van der Waals surface area contributed by atoms with Gasteiger partial charge in [0.1, 0.15) is 11.1 Å². The number of rotatable bonds is 6. The van der Waals surface area contributed by atoms with Crippen LogP contribution in [0.15, 0.2) is 29.5 Å². The van der Waals surface area contributed by atoms with Gasteiger partial charge in [0.15, 0.2) is 5.96 Å². The average Bonchev–Trinajstić information content (AvgIpc) is 3.08. The molecule has 0 unspecified atom stereocenters. The van der Waals surface area contributed by atoms with Crippen LogP contribution in [0.1, 0.15) is 47.6 Å². The molecule has 2 aromatic rings. The van der Waals surface area contributed by atoms with E-state index in [1.54, 1.807) is 18.4 Å². The van der Waals surface area contributed by atoms with Gasteiger partial charge >= 0.3 is 0 Å². The molecule has 0 atom stereocenters. The predicted octanol–water partition coefficient (Wildman–Crippen LogP) is 4.04. The van der Waals surface area contributed by atoms with Crippen LogP contribution >= 0.6 is 35.3 Å². The smallest absolute Gasteiger partial charge is 0.213 e. The van der Waals surface area contributed by atoms with Crippen LogP contribution in [0.4, 0.5) is 0 Å². The number of hydrogen-bond donors (Lipinski definition) is 2. The monoisotopic (exact) mass is 501 g/mol. The molecule has 148 valence electrons. The van der Waals surface area contributed by atoms with Crippen molar-refractivity contribution < 1.29 is 4.74 Å². The Bertz CT molecular complexity index is 730. The van der Waals surface area contributed by atoms with E-state index < -0.39 is 0 Å². The number of aliphatic imine (C=N–C) groups is 1. The molecule has 8 heteroatoms. The van der Waals surface area contributed by atoms with E-state index in [2.05, 4.69) is 32.5 Å². The summed E-state index contributed by atoms with van der Waals surface area (Å²) in [6.07, 6.45) is 10.1. The van der Waals surface area contributed by atoms with Crippen LogP contribution in [0.25, 0.3) is 0 Å². The van der Waals surface area contributed by atoms with E-state index in [4.69, 9.17) is 4.74 Å². The van der Waals surface area contributed by atoms with Gasteiger partial charge < -0.3 is 15.4 Å². The quantitative estimate of drug-likeness (QED) is 0.355. The second kappa shape index (κ2) is 11.4. The van der Waals surface area contributed by atoms with Crippen molar-refractivity contribution in [1.29, 1.82) is 0 Å². The van der Waals surface area contributed by atoms with Gasteiger partial charge in [0, 0.05) is 36.9 Å². The van der Waals surface area contributed by atoms with Crippen LogP contribution in [0.3, 0.4) is 0 Å². The Morgan fingerprint density at radius 2 is 2.00 bits per heavy atom. The summed E-state index contributed by atoms with van der Waals surface area (Å²) in [5, 5.41) is 7.67. The number of aromatic nitrogens is 2. The lowest BCUT2D eigenvalue weighted by atomic mass is 9.98. The number of aryl methyl sites for hydroxylation is 1. The third kappa shape index (κ3) is 7.25. The largest absolute Gasteiger partial charge is 0.474 e. The average molecular weight is 501 g/mol. The van der Waals surface area contributed by atoms with Crippen LogP contribution in [0.2, 0.25) is 0 Å². The highest BCUT2D eigenvalue weighted by atomic mass is 127. The first-order valence-electron chi connectivity index (χ1n) is 9.20. The minimum atomic E-state index is 0. The van der Waals surface area contributed by atoms with E-state index in [1.165, 1.54) is 24.1 Å². The maximum atomic E-state index is 6.05. The molecule has 0 bridgehead atoms. The molecule has 2 N–H and O–H groups in total. The zero-order valence-corrected chi connectivity index (χ0v) is 19.0. The van der Waals surface area contributed by atoms with E-state index in [0.717, 1.165) is 35.3 Å². The minimum absolute atomic E-state index is 0. The molecule has 1 saturated carbocycles. The van der Waals surface area contributed by atoms with Crippen molar-refractivity contribution in [3.8, 4) is 5.88 Å². The van der Waals surface area contributed by atoms with Crippen LogP contribution in [0, 0.1) is 6.92 Å². The van der Waals surface area contributed by atoms with Gasteiger partial charge in [-0.2, -0.15) is 0 Å². The van der Waals surface area contributed by atoms with E-state index >= 15 is 0 Å². The Hall–Kier alpha value is -1.42. The van der Waals surface area contributed by atoms with Crippen molar-refractivity contribution in [2.75, 3.05) is 7.05 Å². The van der Waals surface area contributed by atoms with Crippen molar-refractivity contribution in [3.05, 3.63) is 40.0 Å². The van der Waals surface area contributed by atoms with Gasteiger partial charge in [-0.05, 0) is 44.2 Å². The van der Waals surface area contributed by atoms with E-state index in [9.17, 15) is 0 Å². The van der Waals surface area contributed by atoms with Crippen LogP contribution in [0.5, 0.6) is 5.88 Å². The molecule has 0 aliphatic heterocycles. The molecular formula is C19H28IN5OS. The van der Waals surface area contributed by atoms with Crippen molar-refractivity contribution in [2.45, 2.75) is 58.2 Å². The summed E-state index contributed by atoms with van der Waals surface area (Å²) in [4.78, 5) is 14.2. The van der Waals surface area contributed by atoms with Crippen molar-refractivity contribution in [2.24, 2.45) is 4.99 Å². The van der Waals surface area contributed by atoms with Gasteiger partial charge in [0.25, 0.3) is 0 Å². The number of nitrogens with zero attached hydrogens (tertiary/aromatic N) is 3. The number of thiazole rings is 1. The highest BCUT2D eigenvalue weighted by molar-refractivity contribution is 14.0. The van der Waals surface area contributed by atoms with Gasteiger partial charge in [-0.3, -0.25) is 4.99 Å². The van der Waals surface area contributed by atoms with Gasteiger partial charge in [-0.1, -0.05) is 6.42 Å². The number of nitrogens with one attached hydrogen (secondary N) is 2. The Morgan fingerprint density at radius 3 is 2.70 bits per heavy atom. The molecule has 0 radical (unpaired) electrons. The fraction of sp³-hybridized carbons (Fsp3) is 0.526. The number of guanidine groups is 1. The normalized spacial score (nSPS) is 15.1. The molecule has 2 aromatic heterocycles. The Morgan fingerprint density at radius 1 is 1.22 bits per heavy atom. The number of hydrogen-bond acceptors (Lipinski definition) is 5. The summed E-state index contributed by atoms with van der Waals surface area (Å²) in [5.41, 5.74) is 1.12. The second-order valence-corrected chi connectivity index (χ2v) is 7.84. The van der Waals surface area contributed by atoms with Crippen LogP contribution in [-0.2, 0) is 13.1 Å². The summed E-state index contributed by atoms with van der Waals surface area (Å²) in [6.45, 7) is 3.40. The Balaban J connectivity index is 0.00000261. The molecule has 27 heavy (non-hydrogen) atoms. The fourth-order valence-electron chi connectivity index (χ4n) is 3.03. The third-order valence-electron chi connectivity index (χ3n) is 4.40. The molecule has 1 aliphatic rings. The highest BCUT2D eigenvalue weighted by Gasteiger charge is 2.15.